The summed E-state index contributed by atoms with van der Waals surface area (Å²) in [5.41, 5.74) is 0.902. The van der Waals surface area contributed by atoms with E-state index in [1.165, 1.54) is 24.6 Å². The summed E-state index contributed by atoms with van der Waals surface area (Å²) in [5.74, 6) is -0.111. The quantitative estimate of drug-likeness (QED) is 0.505. The Hall–Kier alpha value is -1.97. The number of aromatic hydroxyl groups is 2. The highest BCUT2D eigenvalue weighted by atomic mass is 16.5. The van der Waals surface area contributed by atoms with E-state index < -0.39 is 0 Å². The van der Waals surface area contributed by atoms with E-state index in [1.54, 1.807) is 12.1 Å². The summed E-state index contributed by atoms with van der Waals surface area (Å²) >= 11 is 0. The molecule has 2 N–H and O–H groups in total. The Balaban J connectivity index is 1.66. The molecule has 4 nitrogen and oxygen atoms in total. The van der Waals surface area contributed by atoms with E-state index in [0.29, 0.717) is 11.5 Å². The Kier molecular flexibility index (Phi) is 3.66. The summed E-state index contributed by atoms with van der Waals surface area (Å²) in [6.07, 6.45) is 6.22. The SMILES string of the molecule is CC1(C)[C@@H]2CC[C@@]1(C)[C@@H](OC(=O)/C=C/c1ccc(O)c(O)c1)C2. The molecule has 0 aromatic heterocycles. The standard InChI is InChI=1S/C19H24O4/c1-18(2)13-8-9-19(18,3)16(11-13)23-17(22)7-5-12-4-6-14(20)15(21)10-12/h4-7,10,13,16,20-21H,8-9,11H2,1-3H3/b7-5+/t13-,16+,19+/m1/s1. The van der Waals surface area contributed by atoms with Crippen LogP contribution in [0.1, 0.15) is 45.6 Å². The zero-order valence-corrected chi connectivity index (χ0v) is 13.9. The van der Waals surface area contributed by atoms with Crippen LogP contribution in [-0.2, 0) is 9.53 Å². The van der Waals surface area contributed by atoms with Crippen LogP contribution < -0.4 is 0 Å². The maximum atomic E-state index is 12.1. The zero-order valence-electron chi connectivity index (χ0n) is 13.9. The molecule has 2 fully saturated rings. The van der Waals surface area contributed by atoms with Crippen molar-refractivity contribution in [3.63, 3.8) is 0 Å². The van der Waals surface area contributed by atoms with Crippen LogP contribution in [0.15, 0.2) is 24.3 Å². The fourth-order valence-corrected chi connectivity index (χ4v) is 4.30. The van der Waals surface area contributed by atoms with Crippen molar-refractivity contribution in [1.82, 2.24) is 0 Å². The van der Waals surface area contributed by atoms with E-state index in [4.69, 9.17) is 4.74 Å². The van der Waals surface area contributed by atoms with Gasteiger partial charge in [-0.05, 0) is 54.4 Å². The number of ether oxygens (including phenoxy) is 1. The molecule has 3 rings (SSSR count). The number of hydrogen-bond acceptors (Lipinski definition) is 4. The average molecular weight is 316 g/mol. The third-order valence-corrected chi connectivity index (χ3v) is 6.38. The van der Waals surface area contributed by atoms with Gasteiger partial charge in [-0.1, -0.05) is 26.8 Å². The molecule has 0 unspecified atom stereocenters. The van der Waals surface area contributed by atoms with Gasteiger partial charge in [0.05, 0.1) is 0 Å². The molecule has 2 aliphatic rings. The van der Waals surface area contributed by atoms with E-state index in [0.717, 1.165) is 12.8 Å². The molecule has 2 aliphatic carbocycles. The van der Waals surface area contributed by atoms with Crippen LogP contribution in [0.3, 0.4) is 0 Å². The smallest absolute Gasteiger partial charge is 0.331 e. The van der Waals surface area contributed by atoms with Gasteiger partial charge < -0.3 is 14.9 Å². The van der Waals surface area contributed by atoms with Crippen LogP contribution in [0.4, 0.5) is 0 Å². The highest BCUT2D eigenvalue weighted by Crippen LogP contribution is 2.66. The predicted octanol–water partition coefficient (Wildman–Crippen LogP) is 3.87. The van der Waals surface area contributed by atoms with Gasteiger partial charge in [0.1, 0.15) is 6.10 Å². The summed E-state index contributed by atoms with van der Waals surface area (Å²) in [7, 11) is 0. The average Bonchev–Trinajstić information content (AvgIpc) is 2.82. The van der Waals surface area contributed by atoms with Crippen LogP contribution in [0, 0.1) is 16.7 Å². The first kappa shape index (κ1) is 15.9. The van der Waals surface area contributed by atoms with Gasteiger partial charge in [0, 0.05) is 11.5 Å². The van der Waals surface area contributed by atoms with E-state index in [1.807, 2.05) is 0 Å². The molecule has 0 heterocycles. The molecule has 23 heavy (non-hydrogen) atoms. The van der Waals surface area contributed by atoms with Crippen molar-refractivity contribution in [2.45, 2.75) is 46.1 Å². The third-order valence-electron chi connectivity index (χ3n) is 6.38. The maximum absolute atomic E-state index is 12.1. The summed E-state index contributed by atoms with van der Waals surface area (Å²) in [4.78, 5) is 12.1. The zero-order chi connectivity index (χ0) is 16.8. The molecule has 1 aromatic carbocycles. The normalized spacial score (nSPS) is 31.6. The molecule has 1 aromatic rings. The van der Waals surface area contributed by atoms with Crippen molar-refractivity contribution in [2.75, 3.05) is 0 Å². The van der Waals surface area contributed by atoms with E-state index >= 15 is 0 Å². The van der Waals surface area contributed by atoms with Crippen molar-refractivity contribution in [2.24, 2.45) is 16.7 Å². The monoisotopic (exact) mass is 316 g/mol. The fourth-order valence-electron chi connectivity index (χ4n) is 4.30. The molecule has 0 amide bonds. The van der Waals surface area contributed by atoms with Gasteiger partial charge in [-0.25, -0.2) is 4.79 Å². The Morgan fingerprint density at radius 2 is 2.00 bits per heavy atom. The topological polar surface area (TPSA) is 66.8 Å². The minimum atomic E-state index is -0.355. The van der Waals surface area contributed by atoms with Gasteiger partial charge in [0.2, 0.25) is 0 Å². The lowest BCUT2D eigenvalue weighted by molar-refractivity contribution is -0.150. The van der Waals surface area contributed by atoms with Gasteiger partial charge in [0.25, 0.3) is 0 Å². The Morgan fingerprint density at radius 3 is 2.57 bits per heavy atom. The van der Waals surface area contributed by atoms with Crippen LogP contribution >= 0.6 is 0 Å². The molecule has 124 valence electrons. The van der Waals surface area contributed by atoms with Crippen LogP contribution in [0.5, 0.6) is 11.5 Å². The van der Waals surface area contributed by atoms with Crippen molar-refractivity contribution < 1.29 is 19.7 Å². The molecule has 2 bridgehead atoms. The lowest BCUT2D eigenvalue weighted by Crippen LogP contribution is -2.38. The van der Waals surface area contributed by atoms with Crippen molar-refractivity contribution >= 4 is 12.0 Å². The number of hydrogen-bond donors (Lipinski definition) is 2. The summed E-state index contributed by atoms with van der Waals surface area (Å²) in [5, 5.41) is 18.7. The minimum absolute atomic E-state index is 0.0263. The first-order valence-electron chi connectivity index (χ1n) is 8.15. The Bertz CT molecular complexity index is 661. The second-order valence-corrected chi connectivity index (χ2v) is 7.62. The number of rotatable bonds is 3. The molecule has 2 saturated carbocycles. The molecule has 0 aliphatic heterocycles. The highest BCUT2D eigenvalue weighted by Gasteiger charge is 2.62. The van der Waals surface area contributed by atoms with Crippen LogP contribution in [0.2, 0.25) is 0 Å². The summed E-state index contributed by atoms with van der Waals surface area (Å²) in [6, 6.07) is 4.42. The maximum Gasteiger partial charge on any atom is 0.331 e. The number of carbonyl (C=O) groups is 1. The molecule has 4 heteroatoms. The number of benzene rings is 1. The molecular formula is C19H24O4. The Labute approximate surface area is 136 Å². The highest BCUT2D eigenvalue weighted by molar-refractivity contribution is 5.87. The predicted molar refractivity (Wildman–Crippen MR) is 87.9 cm³/mol. The summed E-state index contributed by atoms with van der Waals surface area (Å²) < 4.78 is 5.72. The molecule has 0 saturated heterocycles. The summed E-state index contributed by atoms with van der Waals surface area (Å²) in [6.45, 7) is 6.81. The molecule has 3 atom stereocenters. The van der Waals surface area contributed by atoms with E-state index in [2.05, 4.69) is 20.8 Å². The van der Waals surface area contributed by atoms with Gasteiger partial charge >= 0.3 is 5.97 Å². The number of phenolic OH excluding ortho intramolecular Hbond substituents is 2. The largest absolute Gasteiger partial charge is 0.504 e. The first-order valence-corrected chi connectivity index (χ1v) is 8.15. The first-order chi connectivity index (χ1) is 10.7. The van der Waals surface area contributed by atoms with E-state index in [-0.39, 0.29) is 34.4 Å². The Morgan fingerprint density at radius 1 is 1.26 bits per heavy atom. The second-order valence-electron chi connectivity index (χ2n) is 7.62. The number of esters is 1. The minimum Gasteiger partial charge on any atom is -0.504 e. The van der Waals surface area contributed by atoms with Gasteiger partial charge in [-0.15, -0.1) is 0 Å². The number of carbonyl (C=O) groups excluding carboxylic acids is 1. The van der Waals surface area contributed by atoms with Crippen LogP contribution in [0.25, 0.3) is 6.08 Å². The number of fused-ring (bicyclic) bond motifs is 2. The van der Waals surface area contributed by atoms with Gasteiger partial charge in [-0.2, -0.15) is 0 Å². The van der Waals surface area contributed by atoms with Crippen molar-refractivity contribution in [1.29, 1.82) is 0 Å². The van der Waals surface area contributed by atoms with Crippen molar-refractivity contribution in [3.8, 4) is 11.5 Å². The third kappa shape index (κ3) is 2.50. The molecule has 0 radical (unpaired) electrons. The lowest BCUT2D eigenvalue weighted by atomic mass is 9.70. The van der Waals surface area contributed by atoms with Gasteiger partial charge in [0.15, 0.2) is 11.5 Å². The second kappa shape index (κ2) is 5.29. The van der Waals surface area contributed by atoms with Crippen molar-refractivity contribution in [3.05, 3.63) is 29.8 Å². The molecule has 0 spiro atoms. The lowest BCUT2D eigenvalue weighted by Gasteiger charge is -2.38. The number of phenols is 2. The fraction of sp³-hybridized carbons (Fsp3) is 0.526. The van der Waals surface area contributed by atoms with Gasteiger partial charge in [-0.3, -0.25) is 0 Å². The van der Waals surface area contributed by atoms with Crippen LogP contribution in [-0.4, -0.2) is 22.3 Å². The van der Waals surface area contributed by atoms with E-state index in [9.17, 15) is 15.0 Å². The molecular weight excluding hydrogens is 292 g/mol.